The Bertz CT molecular complexity index is 1130. The lowest BCUT2D eigenvalue weighted by atomic mass is 10.2. The lowest BCUT2D eigenvalue weighted by Gasteiger charge is -2.15. The van der Waals surface area contributed by atoms with Crippen molar-refractivity contribution in [3.8, 4) is 5.75 Å². The van der Waals surface area contributed by atoms with Crippen molar-refractivity contribution < 1.29 is 17.9 Å². The van der Waals surface area contributed by atoms with E-state index in [2.05, 4.69) is 20.0 Å². The SMILES string of the molecule is Cc1ccc(O[C@H](C)C(=O)Nc2ccc(S(=O)(=O)Nc3nccc(C)n3)cc2)cc1. The van der Waals surface area contributed by atoms with Gasteiger partial charge in [-0.2, -0.15) is 0 Å². The Balaban J connectivity index is 1.63. The Morgan fingerprint density at radius 2 is 1.67 bits per heavy atom. The van der Waals surface area contributed by atoms with Crippen molar-refractivity contribution in [3.05, 3.63) is 72.1 Å². The summed E-state index contributed by atoms with van der Waals surface area (Å²) in [4.78, 5) is 20.3. The van der Waals surface area contributed by atoms with E-state index < -0.39 is 16.1 Å². The van der Waals surface area contributed by atoms with E-state index in [1.807, 2.05) is 19.1 Å². The highest BCUT2D eigenvalue weighted by Gasteiger charge is 2.18. The van der Waals surface area contributed by atoms with Crippen LogP contribution in [0.15, 0.2) is 65.7 Å². The van der Waals surface area contributed by atoms with Gasteiger partial charge in [-0.15, -0.1) is 0 Å². The third kappa shape index (κ3) is 5.54. The molecule has 156 valence electrons. The largest absolute Gasteiger partial charge is 0.481 e. The Morgan fingerprint density at radius 1 is 1.00 bits per heavy atom. The first-order chi connectivity index (χ1) is 14.2. The predicted octanol–water partition coefficient (Wildman–Crippen LogP) is 3.30. The number of sulfonamides is 1. The Morgan fingerprint density at radius 3 is 2.30 bits per heavy atom. The van der Waals surface area contributed by atoms with Crippen LogP contribution in [-0.4, -0.2) is 30.4 Å². The van der Waals surface area contributed by atoms with Gasteiger partial charge in [0.15, 0.2) is 6.10 Å². The van der Waals surface area contributed by atoms with E-state index in [-0.39, 0.29) is 16.8 Å². The van der Waals surface area contributed by atoms with Crippen LogP contribution in [0.25, 0.3) is 0 Å². The Labute approximate surface area is 175 Å². The summed E-state index contributed by atoms with van der Waals surface area (Å²) in [5.74, 6) is 0.237. The van der Waals surface area contributed by atoms with Crippen molar-refractivity contribution in [2.45, 2.75) is 31.8 Å². The molecule has 9 heteroatoms. The number of hydrogen-bond donors (Lipinski definition) is 2. The average molecular weight is 426 g/mol. The molecule has 0 spiro atoms. The Hall–Kier alpha value is -3.46. The molecular weight excluding hydrogens is 404 g/mol. The maximum Gasteiger partial charge on any atom is 0.265 e. The quantitative estimate of drug-likeness (QED) is 0.600. The number of nitrogens with zero attached hydrogens (tertiary/aromatic N) is 2. The molecule has 0 saturated heterocycles. The summed E-state index contributed by atoms with van der Waals surface area (Å²) in [6, 6.07) is 14.8. The molecule has 0 aliphatic carbocycles. The van der Waals surface area contributed by atoms with E-state index in [9.17, 15) is 13.2 Å². The van der Waals surface area contributed by atoms with Crippen LogP contribution in [0, 0.1) is 13.8 Å². The van der Waals surface area contributed by atoms with Gasteiger partial charge in [-0.1, -0.05) is 17.7 Å². The predicted molar refractivity (Wildman–Crippen MR) is 114 cm³/mol. The first-order valence-electron chi connectivity index (χ1n) is 9.20. The van der Waals surface area contributed by atoms with Gasteiger partial charge in [0.2, 0.25) is 5.95 Å². The number of ether oxygens (including phenoxy) is 1. The second-order valence-electron chi connectivity index (χ2n) is 6.71. The number of aryl methyl sites for hydroxylation is 2. The molecule has 2 N–H and O–H groups in total. The van der Waals surface area contributed by atoms with Crippen LogP contribution < -0.4 is 14.8 Å². The molecule has 1 aromatic heterocycles. The summed E-state index contributed by atoms with van der Waals surface area (Å²) in [5, 5.41) is 2.71. The van der Waals surface area contributed by atoms with Crippen LogP contribution in [0.2, 0.25) is 0 Å². The number of aromatic nitrogens is 2. The van der Waals surface area contributed by atoms with Gasteiger partial charge in [0, 0.05) is 17.6 Å². The van der Waals surface area contributed by atoms with Crippen molar-refractivity contribution in [3.63, 3.8) is 0 Å². The number of carbonyl (C=O) groups excluding carboxylic acids is 1. The zero-order valence-electron chi connectivity index (χ0n) is 16.8. The topological polar surface area (TPSA) is 110 Å². The molecule has 0 saturated carbocycles. The van der Waals surface area contributed by atoms with E-state index >= 15 is 0 Å². The minimum absolute atomic E-state index is 0.00513. The van der Waals surface area contributed by atoms with Crippen LogP contribution in [0.4, 0.5) is 11.6 Å². The van der Waals surface area contributed by atoms with Crippen LogP contribution in [0.3, 0.4) is 0 Å². The number of nitrogens with one attached hydrogen (secondary N) is 2. The molecule has 0 aliphatic heterocycles. The van der Waals surface area contributed by atoms with Crippen molar-refractivity contribution in [2.24, 2.45) is 0 Å². The molecule has 30 heavy (non-hydrogen) atoms. The summed E-state index contributed by atoms with van der Waals surface area (Å²) in [6.45, 7) is 5.34. The van der Waals surface area contributed by atoms with Gasteiger partial charge in [-0.05, 0) is 63.2 Å². The van der Waals surface area contributed by atoms with Gasteiger partial charge in [0.25, 0.3) is 15.9 Å². The van der Waals surface area contributed by atoms with Crippen LogP contribution in [-0.2, 0) is 14.8 Å². The van der Waals surface area contributed by atoms with Crippen molar-refractivity contribution in [1.29, 1.82) is 0 Å². The molecule has 0 fully saturated rings. The van der Waals surface area contributed by atoms with E-state index in [1.165, 1.54) is 30.5 Å². The fourth-order valence-electron chi connectivity index (χ4n) is 2.51. The molecule has 1 atom stereocenters. The maximum absolute atomic E-state index is 12.5. The second kappa shape index (κ2) is 8.91. The summed E-state index contributed by atoms with van der Waals surface area (Å²) < 4.78 is 32.9. The van der Waals surface area contributed by atoms with Crippen LogP contribution in [0.1, 0.15) is 18.2 Å². The molecule has 8 nitrogen and oxygen atoms in total. The van der Waals surface area contributed by atoms with Gasteiger partial charge in [0.1, 0.15) is 5.75 Å². The molecular formula is C21H22N4O4S. The first-order valence-corrected chi connectivity index (χ1v) is 10.7. The van der Waals surface area contributed by atoms with Gasteiger partial charge in [-0.25, -0.2) is 23.1 Å². The number of carbonyl (C=O) groups is 1. The number of rotatable bonds is 7. The highest BCUT2D eigenvalue weighted by Crippen LogP contribution is 2.18. The zero-order chi connectivity index (χ0) is 21.7. The third-order valence-corrected chi connectivity index (χ3v) is 5.50. The lowest BCUT2D eigenvalue weighted by molar-refractivity contribution is -0.122. The van der Waals surface area contributed by atoms with Gasteiger partial charge in [-0.3, -0.25) is 4.79 Å². The lowest BCUT2D eigenvalue weighted by Crippen LogP contribution is -2.30. The first kappa shape index (κ1) is 21.3. The molecule has 0 bridgehead atoms. The molecule has 0 aliphatic rings. The Kier molecular flexibility index (Phi) is 6.31. The number of hydrogen-bond acceptors (Lipinski definition) is 6. The van der Waals surface area contributed by atoms with E-state index in [4.69, 9.17) is 4.74 Å². The highest BCUT2D eigenvalue weighted by molar-refractivity contribution is 7.92. The van der Waals surface area contributed by atoms with Crippen molar-refractivity contribution >= 4 is 27.6 Å². The number of amides is 1. The second-order valence-corrected chi connectivity index (χ2v) is 8.40. The normalized spacial score (nSPS) is 12.1. The molecule has 0 radical (unpaired) electrons. The zero-order valence-corrected chi connectivity index (χ0v) is 17.6. The highest BCUT2D eigenvalue weighted by atomic mass is 32.2. The summed E-state index contributed by atoms with van der Waals surface area (Å²) in [7, 11) is -3.85. The van der Waals surface area contributed by atoms with E-state index in [0.29, 0.717) is 17.1 Å². The fraction of sp³-hybridized carbons (Fsp3) is 0.190. The molecule has 2 aromatic carbocycles. The standard InChI is InChI=1S/C21H22N4O4S/c1-14-4-8-18(9-5-14)29-16(3)20(26)24-17-6-10-19(11-7-17)30(27,28)25-21-22-13-12-15(2)23-21/h4-13,16H,1-3H3,(H,24,26)(H,22,23,25)/t16-/m1/s1. The van der Waals surface area contributed by atoms with E-state index in [0.717, 1.165) is 5.56 Å². The summed E-state index contributed by atoms with van der Waals surface area (Å²) >= 11 is 0. The van der Waals surface area contributed by atoms with Gasteiger partial charge < -0.3 is 10.1 Å². The third-order valence-electron chi connectivity index (χ3n) is 4.16. The average Bonchev–Trinajstić information content (AvgIpc) is 2.70. The molecule has 1 amide bonds. The summed E-state index contributed by atoms with van der Waals surface area (Å²) in [5.41, 5.74) is 2.19. The van der Waals surface area contributed by atoms with Crippen molar-refractivity contribution in [2.75, 3.05) is 10.0 Å². The maximum atomic E-state index is 12.5. The molecule has 3 aromatic rings. The minimum Gasteiger partial charge on any atom is -0.481 e. The van der Waals surface area contributed by atoms with Gasteiger partial charge >= 0.3 is 0 Å². The van der Waals surface area contributed by atoms with E-state index in [1.54, 1.807) is 32.0 Å². The van der Waals surface area contributed by atoms with Gasteiger partial charge in [0.05, 0.1) is 4.90 Å². The number of benzene rings is 2. The molecule has 3 rings (SSSR count). The molecule has 0 unspecified atom stereocenters. The number of anilines is 2. The van der Waals surface area contributed by atoms with Crippen LogP contribution in [0.5, 0.6) is 5.75 Å². The smallest absolute Gasteiger partial charge is 0.265 e. The van der Waals surface area contributed by atoms with Crippen molar-refractivity contribution in [1.82, 2.24) is 9.97 Å². The monoisotopic (exact) mass is 426 g/mol. The minimum atomic E-state index is -3.85. The molecule has 1 heterocycles. The summed E-state index contributed by atoms with van der Waals surface area (Å²) in [6.07, 6.45) is 0.745. The van der Waals surface area contributed by atoms with Crippen LogP contribution >= 0.6 is 0 Å². The fourth-order valence-corrected chi connectivity index (χ4v) is 3.46.